The first-order chi connectivity index (χ1) is 10.1. The number of pyridine rings is 1. The molecular formula is C16H15Cl2NO2. The van der Waals surface area contributed by atoms with Crippen LogP contribution in [0, 0.1) is 0 Å². The molecular weight excluding hydrogens is 309 g/mol. The molecule has 0 aliphatic heterocycles. The molecule has 1 aromatic carbocycles. The molecule has 0 aliphatic carbocycles. The van der Waals surface area contributed by atoms with Gasteiger partial charge in [-0.05, 0) is 43.7 Å². The Morgan fingerprint density at radius 1 is 1.19 bits per heavy atom. The number of aryl methyl sites for hydroxylation is 1. The van der Waals surface area contributed by atoms with Gasteiger partial charge in [-0.2, -0.15) is 0 Å². The van der Waals surface area contributed by atoms with E-state index in [1.54, 1.807) is 31.2 Å². The van der Waals surface area contributed by atoms with Crippen molar-refractivity contribution in [3.63, 3.8) is 0 Å². The standard InChI is InChI=1S/C16H15Cl2NO2/c1-3-14-12(16(20)21-4-2)7-8-15(19-14)11-6-5-10(17)9-13(11)18/h5-9H,3-4H2,1-2H3. The summed E-state index contributed by atoms with van der Waals surface area (Å²) in [6, 6.07) is 8.74. The van der Waals surface area contributed by atoms with E-state index in [0.29, 0.717) is 40.0 Å². The molecule has 2 rings (SSSR count). The van der Waals surface area contributed by atoms with Crippen molar-refractivity contribution in [2.45, 2.75) is 20.3 Å². The first-order valence-corrected chi connectivity index (χ1v) is 7.44. The molecule has 0 atom stereocenters. The lowest BCUT2D eigenvalue weighted by Gasteiger charge is -2.10. The van der Waals surface area contributed by atoms with Gasteiger partial charge in [-0.3, -0.25) is 4.98 Å². The molecule has 0 aliphatic rings. The van der Waals surface area contributed by atoms with Crippen LogP contribution < -0.4 is 0 Å². The third-order valence-electron chi connectivity index (χ3n) is 3.01. The number of aromatic nitrogens is 1. The maximum Gasteiger partial charge on any atom is 0.339 e. The molecule has 0 spiro atoms. The number of hydrogen-bond donors (Lipinski definition) is 0. The normalized spacial score (nSPS) is 10.5. The fourth-order valence-electron chi connectivity index (χ4n) is 2.01. The number of rotatable bonds is 4. The highest BCUT2D eigenvalue weighted by Gasteiger charge is 2.15. The molecule has 5 heteroatoms. The molecule has 1 heterocycles. The molecule has 0 radical (unpaired) electrons. The third-order valence-corrected chi connectivity index (χ3v) is 3.56. The Balaban J connectivity index is 2.45. The van der Waals surface area contributed by atoms with Gasteiger partial charge in [-0.1, -0.05) is 30.1 Å². The van der Waals surface area contributed by atoms with Gasteiger partial charge in [-0.25, -0.2) is 4.79 Å². The van der Waals surface area contributed by atoms with Crippen molar-refractivity contribution in [1.82, 2.24) is 4.98 Å². The molecule has 0 amide bonds. The van der Waals surface area contributed by atoms with E-state index in [1.165, 1.54) is 0 Å². The molecule has 3 nitrogen and oxygen atoms in total. The molecule has 0 saturated heterocycles. The number of nitrogens with zero attached hydrogens (tertiary/aromatic N) is 1. The second-order valence-corrected chi connectivity index (χ2v) is 5.23. The highest BCUT2D eigenvalue weighted by molar-refractivity contribution is 6.36. The van der Waals surface area contributed by atoms with E-state index in [1.807, 2.05) is 13.0 Å². The number of esters is 1. The summed E-state index contributed by atoms with van der Waals surface area (Å²) in [4.78, 5) is 16.4. The minimum absolute atomic E-state index is 0.340. The first kappa shape index (κ1) is 15.8. The largest absolute Gasteiger partial charge is 0.462 e. The van der Waals surface area contributed by atoms with Gasteiger partial charge in [0, 0.05) is 10.6 Å². The van der Waals surface area contributed by atoms with E-state index in [4.69, 9.17) is 27.9 Å². The molecule has 0 N–H and O–H groups in total. The molecule has 0 fully saturated rings. The van der Waals surface area contributed by atoms with Crippen molar-refractivity contribution >= 4 is 29.2 Å². The molecule has 0 unspecified atom stereocenters. The van der Waals surface area contributed by atoms with Gasteiger partial charge < -0.3 is 4.74 Å². The van der Waals surface area contributed by atoms with Crippen LogP contribution in [0.25, 0.3) is 11.3 Å². The van der Waals surface area contributed by atoms with Gasteiger partial charge in [0.1, 0.15) is 0 Å². The lowest BCUT2D eigenvalue weighted by molar-refractivity contribution is 0.0524. The Hall–Kier alpha value is -1.58. The summed E-state index contributed by atoms with van der Waals surface area (Å²) in [5.74, 6) is -0.351. The predicted molar refractivity (Wildman–Crippen MR) is 85.0 cm³/mol. The average Bonchev–Trinajstić information content (AvgIpc) is 2.47. The third kappa shape index (κ3) is 3.55. The monoisotopic (exact) mass is 323 g/mol. The average molecular weight is 324 g/mol. The van der Waals surface area contributed by atoms with Crippen molar-refractivity contribution in [3.8, 4) is 11.3 Å². The lowest BCUT2D eigenvalue weighted by atomic mass is 10.1. The van der Waals surface area contributed by atoms with Crippen LogP contribution in [-0.2, 0) is 11.2 Å². The van der Waals surface area contributed by atoms with E-state index in [-0.39, 0.29) is 5.97 Å². The summed E-state index contributed by atoms with van der Waals surface area (Å²) in [5, 5.41) is 1.10. The van der Waals surface area contributed by atoms with E-state index in [0.717, 1.165) is 5.56 Å². The Morgan fingerprint density at radius 2 is 1.95 bits per heavy atom. The molecule has 0 saturated carbocycles. The minimum atomic E-state index is -0.351. The molecule has 1 aromatic heterocycles. The maximum absolute atomic E-state index is 11.9. The van der Waals surface area contributed by atoms with Gasteiger partial charge >= 0.3 is 5.97 Å². The van der Waals surface area contributed by atoms with Crippen LogP contribution in [0.15, 0.2) is 30.3 Å². The van der Waals surface area contributed by atoms with Crippen molar-refractivity contribution < 1.29 is 9.53 Å². The summed E-state index contributed by atoms with van der Waals surface area (Å²) in [6.45, 7) is 4.06. The smallest absolute Gasteiger partial charge is 0.339 e. The van der Waals surface area contributed by atoms with E-state index >= 15 is 0 Å². The Kier molecular flexibility index (Phi) is 5.21. The van der Waals surface area contributed by atoms with Crippen molar-refractivity contribution in [1.29, 1.82) is 0 Å². The topological polar surface area (TPSA) is 39.2 Å². The lowest BCUT2D eigenvalue weighted by Crippen LogP contribution is -2.09. The van der Waals surface area contributed by atoms with Crippen LogP contribution in [0.3, 0.4) is 0 Å². The fourth-order valence-corrected chi connectivity index (χ4v) is 2.52. The fraction of sp³-hybridized carbons (Fsp3) is 0.250. The zero-order valence-electron chi connectivity index (χ0n) is 11.8. The van der Waals surface area contributed by atoms with Gasteiger partial charge in [0.2, 0.25) is 0 Å². The summed E-state index contributed by atoms with van der Waals surface area (Å²) in [6.07, 6.45) is 0.632. The van der Waals surface area contributed by atoms with Crippen LogP contribution in [0.1, 0.15) is 29.9 Å². The van der Waals surface area contributed by atoms with Crippen molar-refractivity contribution in [2.75, 3.05) is 6.61 Å². The van der Waals surface area contributed by atoms with Crippen molar-refractivity contribution in [3.05, 3.63) is 51.6 Å². The highest BCUT2D eigenvalue weighted by atomic mass is 35.5. The summed E-state index contributed by atoms with van der Waals surface area (Å²) >= 11 is 12.1. The number of carbonyl (C=O) groups excluding carboxylic acids is 1. The summed E-state index contributed by atoms with van der Waals surface area (Å²) < 4.78 is 5.03. The molecule has 0 bridgehead atoms. The maximum atomic E-state index is 11.9. The zero-order chi connectivity index (χ0) is 15.4. The summed E-state index contributed by atoms with van der Waals surface area (Å²) in [7, 11) is 0. The number of carbonyl (C=O) groups is 1. The zero-order valence-corrected chi connectivity index (χ0v) is 13.3. The molecule has 110 valence electrons. The van der Waals surface area contributed by atoms with E-state index in [9.17, 15) is 4.79 Å². The Morgan fingerprint density at radius 3 is 2.57 bits per heavy atom. The Bertz CT molecular complexity index is 671. The first-order valence-electron chi connectivity index (χ1n) is 6.69. The second-order valence-electron chi connectivity index (χ2n) is 4.39. The van der Waals surface area contributed by atoms with Gasteiger partial charge in [-0.15, -0.1) is 0 Å². The number of ether oxygens (including phenoxy) is 1. The van der Waals surface area contributed by atoms with Crippen LogP contribution in [0.2, 0.25) is 10.0 Å². The minimum Gasteiger partial charge on any atom is -0.462 e. The quantitative estimate of drug-likeness (QED) is 0.759. The predicted octanol–water partition coefficient (Wildman–Crippen LogP) is 4.79. The number of benzene rings is 1. The van der Waals surface area contributed by atoms with Crippen LogP contribution in [0.4, 0.5) is 0 Å². The SMILES string of the molecule is CCOC(=O)c1ccc(-c2ccc(Cl)cc2Cl)nc1CC. The number of halogens is 2. The van der Waals surface area contributed by atoms with Crippen LogP contribution in [0.5, 0.6) is 0 Å². The highest BCUT2D eigenvalue weighted by Crippen LogP contribution is 2.29. The molecule has 21 heavy (non-hydrogen) atoms. The van der Waals surface area contributed by atoms with Crippen molar-refractivity contribution in [2.24, 2.45) is 0 Å². The summed E-state index contributed by atoms with van der Waals surface area (Å²) in [5.41, 5.74) is 2.68. The number of hydrogen-bond acceptors (Lipinski definition) is 3. The Labute approximate surface area is 133 Å². The van der Waals surface area contributed by atoms with Gasteiger partial charge in [0.15, 0.2) is 0 Å². The molecule has 2 aromatic rings. The van der Waals surface area contributed by atoms with Gasteiger partial charge in [0.05, 0.1) is 28.6 Å². The van der Waals surface area contributed by atoms with E-state index < -0.39 is 0 Å². The van der Waals surface area contributed by atoms with E-state index in [2.05, 4.69) is 4.98 Å². The van der Waals surface area contributed by atoms with Crippen LogP contribution >= 0.6 is 23.2 Å². The second kappa shape index (κ2) is 6.92. The van der Waals surface area contributed by atoms with Crippen LogP contribution in [-0.4, -0.2) is 17.6 Å². The van der Waals surface area contributed by atoms with Gasteiger partial charge in [0.25, 0.3) is 0 Å².